The normalized spacial score (nSPS) is 17.0. The van der Waals surface area contributed by atoms with Crippen molar-refractivity contribution in [3.63, 3.8) is 0 Å². The Morgan fingerprint density at radius 3 is 2.21 bits per heavy atom. The van der Waals surface area contributed by atoms with Gasteiger partial charge in [-0.2, -0.15) is 0 Å². The number of benzene rings is 2. The Morgan fingerprint density at radius 2 is 1.70 bits per heavy atom. The topological polar surface area (TPSA) is 115 Å². The summed E-state index contributed by atoms with van der Waals surface area (Å²) in [5, 5.41) is 18.7. The molecular formula is C32H45Cl2N5O4. The van der Waals surface area contributed by atoms with Crippen molar-refractivity contribution >= 4 is 46.9 Å². The van der Waals surface area contributed by atoms with Gasteiger partial charge in [-0.15, -0.1) is 0 Å². The smallest absolute Gasteiger partial charge is 0.407 e. The number of piperidine rings is 1. The van der Waals surface area contributed by atoms with Crippen LogP contribution in [-0.4, -0.2) is 72.9 Å². The van der Waals surface area contributed by atoms with Gasteiger partial charge in [0.2, 0.25) is 0 Å². The number of nitrogens with zero attached hydrogens (tertiary/aromatic N) is 2. The average Bonchev–Trinajstić information content (AvgIpc) is 3.65. The van der Waals surface area contributed by atoms with E-state index in [1.165, 1.54) is 5.56 Å². The maximum atomic E-state index is 11.2. The van der Waals surface area contributed by atoms with Gasteiger partial charge >= 0.3 is 12.1 Å². The fourth-order valence-corrected chi connectivity index (χ4v) is 5.69. The Labute approximate surface area is 265 Å². The van der Waals surface area contributed by atoms with Crippen molar-refractivity contribution in [3.05, 3.63) is 64.1 Å². The number of guanidine groups is 1. The number of carboxylic acid groups (broad SMARTS) is 1. The van der Waals surface area contributed by atoms with E-state index in [0.29, 0.717) is 22.3 Å². The van der Waals surface area contributed by atoms with E-state index < -0.39 is 5.97 Å². The molecule has 4 N–H and O–H groups in total. The number of hydrogen-bond donors (Lipinski definition) is 4. The maximum Gasteiger partial charge on any atom is 0.407 e. The van der Waals surface area contributed by atoms with Gasteiger partial charge in [0.05, 0.1) is 34.7 Å². The van der Waals surface area contributed by atoms with Gasteiger partial charge in [0.15, 0.2) is 5.96 Å². The van der Waals surface area contributed by atoms with Crippen LogP contribution in [0, 0.1) is 5.92 Å². The first-order chi connectivity index (χ1) is 20.7. The van der Waals surface area contributed by atoms with Gasteiger partial charge in [-0.05, 0) is 37.0 Å². The van der Waals surface area contributed by atoms with Crippen molar-refractivity contribution in [1.29, 1.82) is 0 Å². The Hall–Kier alpha value is -3.01. The highest BCUT2D eigenvalue weighted by molar-refractivity contribution is 6.39. The molecule has 2 fully saturated rings. The van der Waals surface area contributed by atoms with Crippen molar-refractivity contribution in [3.8, 4) is 0 Å². The molecule has 0 bridgehead atoms. The van der Waals surface area contributed by atoms with Gasteiger partial charge in [0.25, 0.3) is 0 Å². The molecule has 43 heavy (non-hydrogen) atoms. The molecule has 9 nitrogen and oxygen atoms in total. The number of likely N-dealkylation sites (tertiary alicyclic amines) is 1. The quantitative estimate of drug-likeness (QED) is 0.251. The van der Waals surface area contributed by atoms with E-state index in [1.807, 2.05) is 13.8 Å². The Balaban J connectivity index is 0.000000187. The summed E-state index contributed by atoms with van der Waals surface area (Å²) in [6.07, 6.45) is 6.31. The number of anilines is 1. The summed E-state index contributed by atoms with van der Waals surface area (Å²) in [4.78, 5) is 28.3. The van der Waals surface area contributed by atoms with Crippen molar-refractivity contribution < 1.29 is 19.4 Å². The Morgan fingerprint density at radius 1 is 1.05 bits per heavy atom. The summed E-state index contributed by atoms with van der Waals surface area (Å²) in [5.41, 5.74) is 1.86. The highest BCUT2D eigenvalue weighted by Crippen LogP contribution is 2.30. The summed E-state index contributed by atoms with van der Waals surface area (Å²) >= 11 is 12.0. The van der Waals surface area contributed by atoms with Gasteiger partial charge in [0, 0.05) is 39.0 Å². The van der Waals surface area contributed by atoms with E-state index in [9.17, 15) is 9.59 Å². The van der Waals surface area contributed by atoms with E-state index >= 15 is 0 Å². The highest BCUT2D eigenvalue weighted by atomic mass is 35.5. The molecule has 1 amide bonds. The molecule has 0 unspecified atom stereocenters. The van der Waals surface area contributed by atoms with E-state index in [4.69, 9.17) is 33.0 Å². The molecule has 0 saturated carbocycles. The second kappa shape index (κ2) is 18.0. The summed E-state index contributed by atoms with van der Waals surface area (Å²) in [7, 11) is 0. The zero-order valence-corrected chi connectivity index (χ0v) is 26.7. The first-order valence-corrected chi connectivity index (χ1v) is 16.0. The fourth-order valence-electron chi connectivity index (χ4n) is 5.20. The van der Waals surface area contributed by atoms with Crippen molar-refractivity contribution in [2.75, 3.05) is 44.6 Å². The third kappa shape index (κ3) is 11.5. The minimum atomic E-state index is -0.635. The molecule has 3 aliphatic heterocycles. The Bertz CT molecular complexity index is 1160. The van der Waals surface area contributed by atoms with Crippen molar-refractivity contribution in [1.82, 2.24) is 15.5 Å². The van der Waals surface area contributed by atoms with Crippen LogP contribution in [-0.2, 0) is 16.0 Å². The predicted molar refractivity (Wildman–Crippen MR) is 174 cm³/mol. The molecule has 3 heterocycles. The van der Waals surface area contributed by atoms with Crippen LogP contribution in [0.3, 0.4) is 0 Å². The molecule has 1 spiro atoms. The molecule has 2 saturated heterocycles. The number of amides is 1. The first kappa shape index (κ1) is 34.5. The lowest BCUT2D eigenvalue weighted by molar-refractivity contribution is -0.142. The first-order valence-electron chi connectivity index (χ1n) is 15.2. The molecule has 0 radical (unpaired) electrons. The van der Waals surface area contributed by atoms with Crippen LogP contribution < -0.4 is 16.0 Å². The second-order valence-corrected chi connectivity index (χ2v) is 11.8. The van der Waals surface area contributed by atoms with Crippen LogP contribution in [0.4, 0.5) is 10.5 Å². The van der Waals surface area contributed by atoms with Crippen LogP contribution in [0.2, 0.25) is 10.0 Å². The lowest BCUT2D eigenvalue weighted by Gasteiger charge is -2.37. The molecule has 3 aliphatic rings. The molecule has 236 valence electrons. The van der Waals surface area contributed by atoms with E-state index in [1.54, 1.807) is 18.2 Å². The summed E-state index contributed by atoms with van der Waals surface area (Å²) < 4.78 is 5.42. The van der Waals surface area contributed by atoms with Crippen LogP contribution in [0.15, 0.2) is 53.5 Å². The number of aliphatic carboxylic acids is 1. The van der Waals surface area contributed by atoms with Gasteiger partial charge in [-0.3, -0.25) is 9.79 Å². The monoisotopic (exact) mass is 633 g/mol. The number of aliphatic imine (C=N–C) groups is 1. The summed E-state index contributed by atoms with van der Waals surface area (Å²) in [6.45, 7) is 9.47. The fraction of sp³-hybridized carbons (Fsp3) is 0.531. The van der Waals surface area contributed by atoms with Crippen LogP contribution >= 0.6 is 23.2 Å². The number of para-hydroxylation sites is 1. The zero-order valence-electron chi connectivity index (χ0n) is 25.2. The largest absolute Gasteiger partial charge is 0.481 e. The van der Waals surface area contributed by atoms with Crippen LogP contribution in [0.25, 0.3) is 0 Å². The zero-order chi connectivity index (χ0) is 31.1. The van der Waals surface area contributed by atoms with Gasteiger partial charge in [0.1, 0.15) is 5.60 Å². The second-order valence-electron chi connectivity index (χ2n) is 11.0. The third-order valence-corrected chi connectivity index (χ3v) is 8.32. The lowest BCUT2D eigenvalue weighted by Crippen LogP contribution is -2.47. The molecule has 11 heteroatoms. The average molecular weight is 635 g/mol. The number of carboxylic acids is 1. The van der Waals surface area contributed by atoms with Gasteiger partial charge in [-0.25, -0.2) is 4.79 Å². The minimum absolute atomic E-state index is 0.102. The minimum Gasteiger partial charge on any atom is -0.481 e. The molecule has 2 aromatic carbocycles. The number of alkyl carbamates (subject to hydrolysis) is 1. The highest BCUT2D eigenvalue weighted by Gasteiger charge is 2.42. The molecule has 0 aromatic heterocycles. The molecule has 2 aromatic rings. The molecular weight excluding hydrogens is 589 g/mol. The van der Waals surface area contributed by atoms with E-state index in [2.05, 4.69) is 56.2 Å². The standard InChI is InChI=1S/C15H20N2O2.C9H9Cl2N3.C8H16O2/c18-14-16-12-15(19-14)7-10-17(11-8-15)9-6-13-4-2-1-3-5-13;10-6-2-1-3-7(11)8(6)14-9-12-4-5-13-9;1-3-5-7(6-4-2)8(9)10/h1-5H,6-12H2,(H,16,18);1-3H,4-5H2,(H2,12,13,14);7H,3-6H2,1-2H3,(H,9,10). The number of carbonyl (C=O) groups excluding carboxylic acids is 1. The van der Waals surface area contributed by atoms with Gasteiger partial charge < -0.3 is 30.7 Å². The third-order valence-electron chi connectivity index (χ3n) is 7.69. The van der Waals surface area contributed by atoms with Gasteiger partial charge in [-0.1, -0.05) is 86.3 Å². The van der Waals surface area contributed by atoms with Crippen LogP contribution in [0.1, 0.15) is 57.9 Å². The molecule has 0 atom stereocenters. The number of halogens is 2. The van der Waals surface area contributed by atoms with E-state index in [0.717, 1.165) is 83.6 Å². The van der Waals surface area contributed by atoms with Crippen molar-refractivity contribution in [2.45, 2.75) is 64.4 Å². The van der Waals surface area contributed by atoms with E-state index in [-0.39, 0.29) is 17.6 Å². The van der Waals surface area contributed by atoms with Crippen LogP contribution in [0.5, 0.6) is 0 Å². The SMILES string of the molecule is CCCC(CCC)C(=O)O.Clc1cccc(Cl)c1NC1=NCCN1.O=C1NCC2(CCN(CCc3ccccc3)CC2)O1. The number of nitrogens with one attached hydrogen (secondary N) is 3. The Kier molecular flexibility index (Phi) is 14.4. The number of carbonyl (C=O) groups is 2. The summed E-state index contributed by atoms with van der Waals surface area (Å²) in [6, 6.07) is 15.9. The molecule has 5 rings (SSSR count). The number of hydrogen-bond acceptors (Lipinski definition) is 7. The number of rotatable bonds is 9. The van der Waals surface area contributed by atoms with Crippen molar-refractivity contribution in [2.24, 2.45) is 10.9 Å². The molecule has 0 aliphatic carbocycles. The predicted octanol–water partition coefficient (Wildman–Crippen LogP) is 6.46. The lowest BCUT2D eigenvalue weighted by atomic mass is 9.91. The number of ether oxygens (including phenoxy) is 1. The maximum absolute atomic E-state index is 11.2. The summed E-state index contributed by atoms with van der Waals surface area (Å²) in [5.74, 6) is -0.0151.